The lowest BCUT2D eigenvalue weighted by molar-refractivity contribution is -0.870. The molecule has 342 valence electrons. The van der Waals surface area contributed by atoms with E-state index >= 15 is 0 Å². The molecule has 0 aromatic rings. The van der Waals surface area contributed by atoms with Crippen molar-refractivity contribution in [2.24, 2.45) is 0 Å². The van der Waals surface area contributed by atoms with Gasteiger partial charge in [0.15, 0.2) is 0 Å². The molecule has 0 aromatic heterocycles. The number of quaternary nitrogens is 1. The van der Waals surface area contributed by atoms with E-state index in [-0.39, 0.29) is 19.1 Å². The number of aliphatic hydroxyl groups excluding tert-OH is 1. The molecule has 0 radical (unpaired) electrons. The number of hydrogen-bond donors (Lipinski definition) is 3. The van der Waals surface area contributed by atoms with Crippen LogP contribution in [0, 0.1) is 0 Å². The first-order chi connectivity index (χ1) is 28.0. The molecule has 58 heavy (non-hydrogen) atoms. The van der Waals surface area contributed by atoms with Gasteiger partial charge in [0, 0.05) is 6.42 Å². The molecule has 0 bridgehead atoms. The maximum absolute atomic E-state index is 12.9. The lowest BCUT2D eigenvalue weighted by Crippen LogP contribution is -2.45. The number of phosphoric acid groups is 1. The van der Waals surface area contributed by atoms with Crippen molar-refractivity contribution in [1.82, 2.24) is 5.32 Å². The summed E-state index contributed by atoms with van der Waals surface area (Å²) in [6.45, 7) is 4.78. The van der Waals surface area contributed by atoms with Crippen LogP contribution in [0.25, 0.3) is 0 Å². The molecule has 8 nitrogen and oxygen atoms in total. The van der Waals surface area contributed by atoms with E-state index in [0.717, 1.165) is 38.5 Å². The van der Waals surface area contributed by atoms with Gasteiger partial charge < -0.3 is 19.8 Å². The van der Waals surface area contributed by atoms with Crippen LogP contribution in [-0.2, 0) is 18.4 Å². The second kappa shape index (κ2) is 41.1. The Morgan fingerprint density at radius 1 is 0.569 bits per heavy atom. The highest BCUT2D eigenvalue weighted by Crippen LogP contribution is 2.43. The number of amides is 1. The topological polar surface area (TPSA) is 105 Å². The summed E-state index contributed by atoms with van der Waals surface area (Å²) in [6, 6.07) is -0.862. The molecule has 0 aliphatic rings. The van der Waals surface area contributed by atoms with Crippen molar-refractivity contribution >= 4 is 13.7 Å². The monoisotopic (exact) mass is 840 g/mol. The van der Waals surface area contributed by atoms with Crippen molar-refractivity contribution < 1.29 is 32.9 Å². The summed E-state index contributed by atoms with van der Waals surface area (Å²) in [7, 11) is 1.55. The first kappa shape index (κ1) is 56.7. The summed E-state index contributed by atoms with van der Waals surface area (Å²) in [6.07, 6.45) is 50.9. The molecule has 0 saturated carbocycles. The first-order valence-electron chi connectivity index (χ1n) is 24.4. The molecule has 3 atom stereocenters. The molecule has 0 aliphatic heterocycles. The van der Waals surface area contributed by atoms with Gasteiger partial charge in [-0.2, -0.15) is 0 Å². The summed E-state index contributed by atoms with van der Waals surface area (Å²) in [5.74, 6) is -0.191. The Hall–Kier alpha value is -1.28. The lowest BCUT2D eigenvalue weighted by atomic mass is 10.0. The largest absolute Gasteiger partial charge is 0.472 e. The normalized spacial score (nSPS) is 14.5. The van der Waals surface area contributed by atoms with Crippen LogP contribution in [0.15, 0.2) is 36.5 Å². The van der Waals surface area contributed by atoms with Gasteiger partial charge in [-0.05, 0) is 57.8 Å². The fraction of sp³-hybridized carbons (Fsp3) is 0.857. The second-order valence-corrected chi connectivity index (χ2v) is 19.3. The number of hydrogen-bond acceptors (Lipinski definition) is 5. The van der Waals surface area contributed by atoms with E-state index in [9.17, 15) is 19.4 Å². The SMILES string of the molecule is CCCCCCCC/C=C/CC/C=C/C(O)C(COP(=O)(O)OCC[N+](C)(C)C)NC(=O)CCCCCCCCCC/C=C\CCCCCCCCCCCCCC. The van der Waals surface area contributed by atoms with Gasteiger partial charge in [0.1, 0.15) is 13.2 Å². The fourth-order valence-electron chi connectivity index (χ4n) is 6.93. The van der Waals surface area contributed by atoms with Crippen molar-refractivity contribution in [3.63, 3.8) is 0 Å². The maximum Gasteiger partial charge on any atom is 0.472 e. The van der Waals surface area contributed by atoms with E-state index in [0.29, 0.717) is 17.4 Å². The van der Waals surface area contributed by atoms with Crippen LogP contribution in [0.5, 0.6) is 0 Å². The highest BCUT2D eigenvalue weighted by molar-refractivity contribution is 7.47. The number of unbranched alkanes of at least 4 members (excludes halogenated alkanes) is 27. The average molecular weight is 840 g/mol. The smallest absolute Gasteiger partial charge is 0.387 e. The van der Waals surface area contributed by atoms with Crippen LogP contribution in [0.4, 0.5) is 0 Å². The summed E-state index contributed by atoms with van der Waals surface area (Å²) >= 11 is 0. The minimum Gasteiger partial charge on any atom is -0.387 e. The number of likely N-dealkylation sites (N-methyl/N-ethyl adjacent to an activating group) is 1. The molecule has 0 fully saturated rings. The zero-order valence-corrected chi connectivity index (χ0v) is 39.7. The third-order valence-electron chi connectivity index (χ3n) is 10.8. The summed E-state index contributed by atoms with van der Waals surface area (Å²) < 4.78 is 23.5. The predicted molar refractivity (Wildman–Crippen MR) is 249 cm³/mol. The number of aliphatic hydroxyl groups is 1. The number of nitrogens with zero attached hydrogens (tertiary/aromatic N) is 1. The number of nitrogens with one attached hydrogen (secondary N) is 1. The van der Waals surface area contributed by atoms with Crippen LogP contribution >= 0.6 is 7.82 Å². The van der Waals surface area contributed by atoms with Gasteiger partial charge in [-0.1, -0.05) is 192 Å². The molecular weight excluding hydrogens is 744 g/mol. The van der Waals surface area contributed by atoms with E-state index in [1.54, 1.807) is 6.08 Å². The van der Waals surface area contributed by atoms with Crippen LogP contribution in [-0.4, -0.2) is 73.4 Å². The zero-order valence-electron chi connectivity index (χ0n) is 38.8. The van der Waals surface area contributed by atoms with E-state index in [4.69, 9.17) is 9.05 Å². The van der Waals surface area contributed by atoms with Gasteiger partial charge in [0.25, 0.3) is 0 Å². The standard InChI is InChI=1S/C49H95N2O6P/c1-6-8-10-12-14-16-18-20-21-22-23-24-25-26-27-28-29-30-31-33-35-37-39-41-43-49(53)50-47(46-57-58(54,55)56-45-44-51(3,4)5)48(52)42-40-38-36-34-32-19-17-15-13-11-9-7-2/h26-27,32,34,40,42,47-48,52H,6-25,28-31,33,35-39,41,43-46H2,1-5H3,(H-,50,53,54,55)/p+1/b27-26-,34-32+,42-40+. The number of rotatable bonds is 44. The van der Waals surface area contributed by atoms with Gasteiger partial charge in [0.2, 0.25) is 5.91 Å². The Bertz CT molecular complexity index is 1040. The van der Waals surface area contributed by atoms with Gasteiger partial charge in [-0.15, -0.1) is 0 Å². The van der Waals surface area contributed by atoms with Crippen molar-refractivity contribution in [1.29, 1.82) is 0 Å². The van der Waals surface area contributed by atoms with E-state index in [1.165, 1.54) is 161 Å². The number of carbonyl (C=O) groups is 1. The summed E-state index contributed by atoms with van der Waals surface area (Å²) in [4.78, 5) is 23.1. The van der Waals surface area contributed by atoms with Crippen LogP contribution in [0.2, 0.25) is 0 Å². The first-order valence-corrected chi connectivity index (χ1v) is 25.9. The molecule has 1 amide bonds. The predicted octanol–water partition coefficient (Wildman–Crippen LogP) is 13.9. The zero-order chi connectivity index (χ0) is 42.8. The van der Waals surface area contributed by atoms with Gasteiger partial charge in [-0.25, -0.2) is 4.57 Å². The fourth-order valence-corrected chi connectivity index (χ4v) is 7.67. The molecule has 0 rings (SSSR count). The number of allylic oxidation sites excluding steroid dienone is 5. The molecule has 0 spiro atoms. The minimum absolute atomic E-state index is 0.0556. The minimum atomic E-state index is -4.34. The number of carbonyl (C=O) groups excluding carboxylic acids is 1. The van der Waals surface area contributed by atoms with Gasteiger partial charge in [-0.3, -0.25) is 13.8 Å². The molecule has 0 saturated heterocycles. The van der Waals surface area contributed by atoms with Crippen LogP contribution in [0.1, 0.15) is 219 Å². The third-order valence-corrected chi connectivity index (χ3v) is 11.8. The Morgan fingerprint density at radius 3 is 1.38 bits per heavy atom. The van der Waals surface area contributed by atoms with E-state index in [1.807, 2.05) is 27.2 Å². The molecular formula is C49H96N2O6P+. The Morgan fingerprint density at radius 2 is 0.948 bits per heavy atom. The second-order valence-electron chi connectivity index (χ2n) is 17.8. The quantitative estimate of drug-likeness (QED) is 0.0244. The van der Waals surface area contributed by atoms with Gasteiger partial charge in [0.05, 0.1) is 39.9 Å². The number of phosphoric ester groups is 1. The van der Waals surface area contributed by atoms with Gasteiger partial charge >= 0.3 is 7.82 Å². The van der Waals surface area contributed by atoms with Crippen LogP contribution in [0.3, 0.4) is 0 Å². The lowest BCUT2D eigenvalue weighted by Gasteiger charge is -2.25. The van der Waals surface area contributed by atoms with E-state index < -0.39 is 20.0 Å². The van der Waals surface area contributed by atoms with Crippen molar-refractivity contribution in [3.05, 3.63) is 36.5 Å². The third kappa shape index (κ3) is 42.8. The van der Waals surface area contributed by atoms with Crippen molar-refractivity contribution in [3.8, 4) is 0 Å². The molecule has 0 heterocycles. The Kier molecular flexibility index (Phi) is 40.2. The van der Waals surface area contributed by atoms with Crippen molar-refractivity contribution in [2.45, 2.75) is 231 Å². The Labute approximate surface area is 359 Å². The molecule has 3 N–H and O–H groups in total. The van der Waals surface area contributed by atoms with E-state index in [2.05, 4.69) is 43.5 Å². The molecule has 0 aromatic carbocycles. The molecule has 0 aliphatic carbocycles. The molecule has 9 heteroatoms. The molecule has 3 unspecified atom stereocenters. The average Bonchev–Trinajstić information content (AvgIpc) is 3.17. The highest BCUT2D eigenvalue weighted by Gasteiger charge is 2.27. The summed E-state index contributed by atoms with van der Waals surface area (Å²) in [5.41, 5.74) is 0. The van der Waals surface area contributed by atoms with Crippen molar-refractivity contribution in [2.75, 3.05) is 40.9 Å². The Balaban J connectivity index is 4.25. The highest BCUT2D eigenvalue weighted by atomic mass is 31.2. The van der Waals surface area contributed by atoms with Crippen LogP contribution < -0.4 is 5.32 Å². The summed E-state index contributed by atoms with van der Waals surface area (Å²) in [5, 5.41) is 13.8. The maximum atomic E-state index is 12.9.